The van der Waals surface area contributed by atoms with Gasteiger partial charge in [-0.2, -0.15) is 0 Å². The SMILES string of the molecule is CC(CCc1ccc(F)cc1)NCC(O)(c1cccc(O)c1)C(CC(=O)O)C(=O)O. The molecule has 0 bridgehead atoms. The monoisotopic (exact) mass is 419 g/mol. The minimum absolute atomic E-state index is 0.106. The normalized spacial score (nSPS) is 15.2. The number of carboxylic acids is 2. The van der Waals surface area contributed by atoms with Gasteiger partial charge in [-0.25, -0.2) is 4.39 Å². The van der Waals surface area contributed by atoms with Gasteiger partial charge in [0, 0.05) is 12.6 Å². The topological polar surface area (TPSA) is 127 Å². The summed E-state index contributed by atoms with van der Waals surface area (Å²) >= 11 is 0. The molecule has 162 valence electrons. The molecule has 5 N–H and O–H groups in total. The quantitative estimate of drug-likeness (QED) is 0.379. The first kappa shape index (κ1) is 23.3. The molecule has 2 rings (SSSR count). The summed E-state index contributed by atoms with van der Waals surface area (Å²) in [5.74, 6) is -4.93. The summed E-state index contributed by atoms with van der Waals surface area (Å²) in [6, 6.07) is 11.4. The van der Waals surface area contributed by atoms with Crippen LogP contribution in [0.3, 0.4) is 0 Å². The molecule has 0 saturated heterocycles. The van der Waals surface area contributed by atoms with E-state index in [4.69, 9.17) is 5.11 Å². The lowest BCUT2D eigenvalue weighted by Crippen LogP contribution is -2.50. The highest BCUT2D eigenvalue weighted by Crippen LogP contribution is 2.34. The maximum Gasteiger partial charge on any atom is 0.310 e. The molecule has 0 amide bonds. The Kier molecular flexibility index (Phi) is 7.91. The van der Waals surface area contributed by atoms with Gasteiger partial charge in [-0.15, -0.1) is 0 Å². The molecule has 0 fully saturated rings. The van der Waals surface area contributed by atoms with Crippen LogP contribution >= 0.6 is 0 Å². The molecule has 7 nitrogen and oxygen atoms in total. The largest absolute Gasteiger partial charge is 0.508 e. The number of aliphatic hydroxyl groups is 1. The smallest absolute Gasteiger partial charge is 0.310 e. The Labute approximate surface area is 173 Å². The van der Waals surface area contributed by atoms with Gasteiger partial charge < -0.3 is 25.7 Å². The van der Waals surface area contributed by atoms with Crippen LogP contribution in [0.1, 0.15) is 30.9 Å². The summed E-state index contributed by atoms with van der Waals surface area (Å²) in [4.78, 5) is 23.0. The summed E-state index contributed by atoms with van der Waals surface area (Å²) < 4.78 is 13.0. The summed E-state index contributed by atoms with van der Waals surface area (Å²) in [6.45, 7) is 1.62. The lowest BCUT2D eigenvalue weighted by atomic mass is 9.79. The highest BCUT2D eigenvalue weighted by molar-refractivity contribution is 5.79. The van der Waals surface area contributed by atoms with E-state index < -0.39 is 29.9 Å². The zero-order valence-corrected chi connectivity index (χ0v) is 16.6. The summed E-state index contributed by atoms with van der Waals surface area (Å²) in [5.41, 5.74) is -1.02. The first-order valence-electron chi connectivity index (χ1n) is 9.56. The van der Waals surface area contributed by atoms with E-state index in [1.807, 2.05) is 6.92 Å². The van der Waals surface area contributed by atoms with Gasteiger partial charge in [-0.3, -0.25) is 9.59 Å². The van der Waals surface area contributed by atoms with E-state index >= 15 is 0 Å². The minimum atomic E-state index is -2.06. The van der Waals surface area contributed by atoms with Crippen molar-refractivity contribution in [3.05, 3.63) is 65.5 Å². The molecule has 0 heterocycles. The molecule has 0 aliphatic heterocycles. The van der Waals surface area contributed by atoms with Crippen LogP contribution in [0.25, 0.3) is 0 Å². The van der Waals surface area contributed by atoms with E-state index in [1.165, 1.54) is 36.4 Å². The van der Waals surface area contributed by atoms with E-state index in [0.29, 0.717) is 12.8 Å². The Morgan fingerprint density at radius 2 is 1.80 bits per heavy atom. The van der Waals surface area contributed by atoms with Crippen LogP contribution in [0.5, 0.6) is 5.75 Å². The lowest BCUT2D eigenvalue weighted by molar-refractivity contribution is -0.160. The molecular formula is C22H26FNO6. The van der Waals surface area contributed by atoms with Crippen molar-refractivity contribution in [2.75, 3.05) is 6.54 Å². The van der Waals surface area contributed by atoms with Crippen molar-refractivity contribution in [2.24, 2.45) is 5.92 Å². The van der Waals surface area contributed by atoms with Gasteiger partial charge in [0.15, 0.2) is 0 Å². The van der Waals surface area contributed by atoms with Crippen molar-refractivity contribution >= 4 is 11.9 Å². The van der Waals surface area contributed by atoms with Gasteiger partial charge in [0.1, 0.15) is 23.1 Å². The van der Waals surface area contributed by atoms with Crippen LogP contribution in [0, 0.1) is 11.7 Å². The number of rotatable bonds is 11. The van der Waals surface area contributed by atoms with E-state index in [-0.39, 0.29) is 29.7 Å². The summed E-state index contributed by atoms with van der Waals surface area (Å²) in [6.07, 6.45) is 0.474. The molecule has 0 spiro atoms. The Bertz CT molecular complexity index is 872. The molecule has 30 heavy (non-hydrogen) atoms. The second-order valence-corrected chi connectivity index (χ2v) is 7.41. The number of hydrogen-bond donors (Lipinski definition) is 5. The maximum atomic E-state index is 13.0. The summed E-state index contributed by atoms with van der Waals surface area (Å²) in [7, 11) is 0. The van der Waals surface area contributed by atoms with E-state index in [9.17, 15) is 29.3 Å². The number of aliphatic carboxylic acids is 2. The average molecular weight is 419 g/mol. The van der Waals surface area contributed by atoms with Gasteiger partial charge in [0.25, 0.3) is 0 Å². The van der Waals surface area contributed by atoms with Crippen LogP contribution in [0.4, 0.5) is 4.39 Å². The standard InChI is InChI=1S/C22H26FNO6/c1-14(5-6-15-7-9-17(23)10-8-15)24-13-22(30,16-3-2-4-18(25)11-16)19(21(28)29)12-20(26)27/h2-4,7-11,14,19,24-25,30H,5-6,12-13H2,1H3,(H,26,27)(H,28,29). The van der Waals surface area contributed by atoms with Crippen LogP contribution in [0.2, 0.25) is 0 Å². The zero-order valence-electron chi connectivity index (χ0n) is 16.6. The third kappa shape index (κ3) is 6.27. The van der Waals surface area contributed by atoms with Gasteiger partial charge in [0.2, 0.25) is 0 Å². The second-order valence-electron chi connectivity index (χ2n) is 7.41. The molecule has 0 radical (unpaired) electrons. The number of benzene rings is 2. The van der Waals surface area contributed by atoms with Gasteiger partial charge in [-0.05, 0) is 55.2 Å². The summed E-state index contributed by atoms with van der Waals surface area (Å²) in [5, 5.41) is 42.8. The molecule has 2 aromatic carbocycles. The number of halogens is 1. The first-order valence-corrected chi connectivity index (χ1v) is 9.56. The van der Waals surface area contributed by atoms with Crippen LogP contribution in [-0.4, -0.2) is 45.0 Å². The fourth-order valence-corrected chi connectivity index (χ4v) is 3.30. The number of aryl methyl sites for hydroxylation is 1. The van der Waals surface area contributed by atoms with Gasteiger partial charge >= 0.3 is 11.9 Å². The average Bonchev–Trinajstić information content (AvgIpc) is 2.69. The van der Waals surface area contributed by atoms with Crippen molar-refractivity contribution in [1.82, 2.24) is 5.32 Å². The fourth-order valence-electron chi connectivity index (χ4n) is 3.30. The second kappa shape index (κ2) is 10.2. The van der Waals surface area contributed by atoms with E-state index in [1.54, 1.807) is 12.1 Å². The highest BCUT2D eigenvalue weighted by Gasteiger charge is 2.44. The van der Waals surface area contributed by atoms with E-state index in [2.05, 4.69) is 5.32 Å². The van der Waals surface area contributed by atoms with Crippen molar-refractivity contribution < 1.29 is 34.4 Å². The van der Waals surface area contributed by atoms with E-state index in [0.717, 1.165) is 5.56 Å². The first-order chi connectivity index (χ1) is 14.1. The minimum Gasteiger partial charge on any atom is -0.508 e. The van der Waals surface area contributed by atoms with Crippen LogP contribution in [0.15, 0.2) is 48.5 Å². The predicted molar refractivity (Wildman–Crippen MR) is 108 cm³/mol. The lowest BCUT2D eigenvalue weighted by Gasteiger charge is -2.35. The maximum absolute atomic E-state index is 13.0. The Balaban J connectivity index is 2.16. The van der Waals surface area contributed by atoms with Crippen molar-refractivity contribution in [1.29, 1.82) is 0 Å². The number of aromatic hydroxyl groups is 1. The molecule has 0 aromatic heterocycles. The highest BCUT2D eigenvalue weighted by atomic mass is 19.1. The van der Waals surface area contributed by atoms with Crippen molar-refractivity contribution in [3.8, 4) is 5.75 Å². The molecule has 2 aromatic rings. The van der Waals surface area contributed by atoms with Crippen LogP contribution in [-0.2, 0) is 21.6 Å². The molecule has 0 saturated carbocycles. The van der Waals surface area contributed by atoms with Crippen molar-refractivity contribution in [2.45, 2.75) is 37.8 Å². The number of hydrogen-bond acceptors (Lipinski definition) is 5. The van der Waals surface area contributed by atoms with Gasteiger partial charge in [0.05, 0.1) is 6.42 Å². The number of phenols is 1. The molecule has 8 heteroatoms. The predicted octanol–water partition coefficient (Wildman–Crippen LogP) is 2.51. The van der Waals surface area contributed by atoms with Crippen molar-refractivity contribution in [3.63, 3.8) is 0 Å². The fraction of sp³-hybridized carbons (Fsp3) is 0.364. The number of nitrogens with one attached hydrogen (secondary N) is 1. The molecular weight excluding hydrogens is 393 g/mol. The third-order valence-corrected chi connectivity index (χ3v) is 5.10. The Hall–Kier alpha value is -2.97. The third-order valence-electron chi connectivity index (χ3n) is 5.10. The molecule has 0 aliphatic carbocycles. The number of phenolic OH excluding ortho intramolecular Hbond substituents is 1. The Morgan fingerprint density at radius 3 is 2.37 bits per heavy atom. The molecule has 3 atom stereocenters. The molecule has 3 unspecified atom stereocenters. The van der Waals surface area contributed by atoms with Gasteiger partial charge in [-0.1, -0.05) is 24.3 Å². The number of carbonyl (C=O) groups is 2. The molecule has 0 aliphatic rings. The zero-order chi connectivity index (χ0) is 22.3. The van der Waals surface area contributed by atoms with Crippen LogP contribution < -0.4 is 5.32 Å². The Morgan fingerprint density at radius 1 is 1.13 bits per heavy atom. The number of carboxylic acid groups (broad SMARTS) is 2.